The Labute approximate surface area is 213 Å². The highest BCUT2D eigenvalue weighted by molar-refractivity contribution is 7.38. The first-order chi connectivity index (χ1) is 16.7. The van der Waals surface area contributed by atoms with Crippen LogP contribution < -0.4 is 9.47 Å². The maximum atomic E-state index is 6.79. The molecule has 2 aromatic carbocycles. The number of ether oxygens (including phenoxy) is 4. The summed E-state index contributed by atoms with van der Waals surface area (Å²) in [4.78, 5) is 0. The van der Waals surface area contributed by atoms with Gasteiger partial charge in [0.05, 0.1) is 20.8 Å². The highest BCUT2D eigenvalue weighted by Crippen LogP contribution is 2.52. The normalized spacial score (nSPS) is 23.2. The van der Waals surface area contributed by atoms with Gasteiger partial charge in [0, 0.05) is 24.0 Å². The van der Waals surface area contributed by atoms with Crippen LogP contribution in [0.1, 0.15) is 100 Å². The summed E-state index contributed by atoms with van der Waals surface area (Å²) in [6, 6.07) is 8.85. The van der Waals surface area contributed by atoms with E-state index in [1.807, 2.05) is 12.1 Å². The molecule has 2 aliphatic rings. The van der Waals surface area contributed by atoms with E-state index in [4.69, 9.17) is 18.9 Å². The van der Waals surface area contributed by atoms with Gasteiger partial charge in [0.15, 0.2) is 5.79 Å². The van der Waals surface area contributed by atoms with Crippen molar-refractivity contribution in [1.29, 1.82) is 0 Å². The third-order valence-corrected chi connectivity index (χ3v) is 8.74. The van der Waals surface area contributed by atoms with Crippen LogP contribution in [-0.4, -0.2) is 38.9 Å². The van der Waals surface area contributed by atoms with E-state index in [1.165, 1.54) is 34.6 Å². The average Bonchev–Trinajstić information content (AvgIpc) is 3.24. The summed E-state index contributed by atoms with van der Waals surface area (Å²) in [6.45, 7) is 14.2. The fourth-order valence-electron chi connectivity index (χ4n) is 5.52. The minimum atomic E-state index is -0.454. The predicted molar refractivity (Wildman–Crippen MR) is 147 cm³/mol. The zero-order chi connectivity index (χ0) is 25.3. The quantitative estimate of drug-likeness (QED) is 0.363. The summed E-state index contributed by atoms with van der Waals surface area (Å²) in [5, 5.41) is 0. The van der Waals surface area contributed by atoms with Crippen LogP contribution in [0.15, 0.2) is 24.3 Å². The third kappa shape index (κ3) is 5.13. The van der Waals surface area contributed by atoms with Gasteiger partial charge in [-0.15, -0.1) is 8.58 Å². The molecule has 2 saturated heterocycles. The molecule has 5 heteroatoms. The smallest absolute Gasteiger partial charge is 0.170 e. The molecule has 0 N–H and O–H groups in total. The summed E-state index contributed by atoms with van der Waals surface area (Å²) in [6.07, 6.45) is 4.12. The molecular formula is C30H43O4P. The Balaban J connectivity index is 1.99. The second kappa shape index (κ2) is 10.8. The fraction of sp³-hybridized carbons (Fsp3) is 0.600. The van der Waals surface area contributed by atoms with Gasteiger partial charge in [-0.2, -0.15) is 0 Å². The molecule has 1 spiro atoms. The van der Waals surface area contributed by atoms with Gasteiger partial charge in [0.1, 0.15) is 17.6 Å². The summed E-state index contributed by atoms with van der Waals surface area (Å²) >= 11 is 0. The van der Waals surface area contributed by atoms with Crippen molar-refractivity contribution in [2.75, 3.05) is 33.2 Å². The van der Waals surface area contributed by atoms with Gasteiger partial charge in [-0.3, -0.25) is 0 Å². The molecule has 4 nitrogen and oxygen atoms in total. The standard InChI is InChI=1S/C30H43O4P/c1-18(2)21-15-22(19(3)4)27(23(16-21)20(5)6)29-25(32-8)10-9-24(31-7)28(29)26-17-33-30(34-26)11-13-35-14-12-30/h9-10,15-16,18-20,26,35H,11-14,17H2,1-8H3. The zero-order valence-corrected chi connectivity index (χ0v) is 23.8. The van der Waals surface area contributed by atoms with Crippen LogP contribution in [0, 0.1) is 0 Å². The average molecular weight is 499 g/mol. The summed E-state index contributed by atoms with van der Waals surface area (Å²) in [7, 11) is 4.52. The first-order valence-electron chi connectivity index (χ1n) is 13.2. The van der Waals surface area contributed by atoms with Crippen LogP contribution in [0.2, 0.25) is 0 Å². The first kappa shape index (κ1) is 26.5. The van der Waals surface area contributed by atoms with E-state index in [-0.39, 0.29) is 6.10 Å². The molecule has 35 heavy (non-hydrogen) atoms. The molecule has 0 saturated carbocycles. The largest absolute Gasteiger partial charge is 0.496 e. The van der Waals surface area contributed by atoms with Crippen LogP contribution in [-0.2, 0) is 9.47 Å². The molecule has 0 aliphatic carbocycles. The Bertz CT molecular complexity index is 1010. The highest BCUT2D eigenvalue weighted by atomic mass is 31.1. The van der Waals surface area contributed by atoms with Gasteiger partial charge < -0.3 is 18.9 Å². The molecule has 1 unspecified atom stereocenters. The topological polar surface area (TPSA) is 36.9 Å². The molecule has 0 amide bonds. The van der Waals surface area contributed by atoms with Crippen LogP contribution in [0.3, 0.4) is 0 Å². The third-order valence-electron chi connectivity index (χ3n) is 7.53. The van der Waals surface area contributed by atoms with Crippen molar-refractivity contribution in [3.05, 3.63) is 46.5 Å². The van der Waals surface area contributed by atoms with Gasteiger partial charge in [-0.25, -0.2) is 0 Å². The molecule has 0 radical (unpaired) electrons. The van der Waals surface area contributed by atoms with Crippen LogP contribution in [0.25, 0.3) is 11.1 Å². The molecule has 0 bridgehead atoms. The minimum Gasteiger partial charge on any atom is -0.496 e. The van der Waals surface area contributed by atoms with E-state index in [2.05, 4.69) is 53.7 Å². The summed E-state index contributed by atoms with van der Waals surface area (Å²) < 4.78 is 25.2. The Hall–Kier alpha value is -1.61. The Morgan fingerprint density at radius 3 is 1.91 bits per heavy atom. The van der Waals surface area contributed by atoms with Crippen LogP contribution >= 0.6 is 8.58 Å². The van der Waals surface area contributed by atoms with Crippen molar-refractivity contribution < 1.29 is 18.9 Å². The van der Waals surface area contributed by atoms with Gasteiger partial charge in [-0.05, 0) is 64.5 Å². The first-order valence-corrected chi connectivity index (χ1v) is 14.6. The predicted octanol–water partition coefficient (Wildman–Crippen LogP) is 8.00. The maximum absolute atomic E-state index is 6.79. The van der Waals surface area contributed by atoms with Gasteiger partial charge in [-0.1, -0.05) is 53.7 Å². The van der Waals surface area contributed by atoms with Crippen molar-refractivity contribution in [2.45, 2.75) is 84.0 Å². The lowest BCUT2D eigenvalue weighted by molar-refractivity contribution is -0.173. The molecule has 2 aliphatic heterocycles. The number of hydrogen-bond donors (Lipinski definition) is 0. The fourth-order valence-corrected chi connectivity index (χ4v) is 6.88. The molecule has 4 rings (SSSR count). The SMILES string of the molecule is COc1ccc(OC)c(C2COC3(CCPCC3)O2)c1-c1c(C(C)C)cc(C(C)C)cc1C(C)C. The van der Waals surface area contributed by atoms with E-state index in [9.17, 15) is 0 Å². The lowest BCUT2D eigenvalue weighted by Crippen LogP contribution is -2.34. The molecule has 2 heterocycles. The Morgan fingerprint density at radius 2 is 1.40 bits per heavy atom. The van der Waals surface area contributed by atoms with Gasteiger partial charge in [0.2, 0.25) is 0 Å². The number of hydrogen-bond acceptors (Lipinski definition) is 4. The van der Waals surface area contributed by atoms with Crippen molar-refractivity contribution in [3.63, 3.8) is 0 Å². The maximum Gasteiger partial charge on any atom is 0.170 e. The lowest BCUT2D eigenvalue weighted by atomic mass is 9.79. The molecule has 192 valence electrons. The lowest BCUT2D eigenvalue weighted by Gasteiger charge is -2.32. The van der Waals surface area contributed by atoms with E-state index in [0.717, 1.165) is 44.0 Å². The number of methoxy groups -OCH3 is 2. The molecule has 0 aromatic heterocycles. The van der Waals surface area contributed by atoms with Crippen LogP contribution in [0.5, 0.6) is 11.5 Å². The second-order valence-corrected chi connectivity index (χ2v) is 12.4. The highest BCUT2D eigenvalue weighted by Gasteiger charge is 2.45. The van der Waals surface area contributed by atoms with Crippen molar-refractivity contribution in [1.82, 2.24) is 0 Å². The van der Waals surface area contributed by atoms with E-state index in [1.54, 1.807) is 14.2 Å². The second-order valence-electron chi connectivity index (χ2n) is 10.9. The molecular weight excluding hydrogens is 455 g/mol. The Morgan fingerprint density at radius 1 is 0.829 bits per heavy atom. The number of rotatable bonds is 7. The van der Waals surface area contributed by atoms with E-state index in [0.29, 0.717) is 24.4 Å². The summed E-state index contributed by atoms with van der Waals surface area (Å²) in [5.74, 6) is 2.42. The van der Waals surface area contributed by atoms with Gasteiger partial charge in [0.25, 0.3) is 0 Å². The molecule has 2 aromatic rings. The monoisotopic (exact) mass is 498 g/mol. The van der Waals surface area contributed by atoms with Crippen LogP contribution in [0.4, 0.5) is 0 Å². The molecule has 2 fully saturated rings. The minimum absolute atomic E-state index is 0.193. The van der Waals surface area contributed by atoms with Crippen molar-refractivity contribution in [2.24, 2.45) is 0 Å². The van der Waals surface area contributed by atoms with Gasteiger partial charge >= 0.3 is 0 Å². The van der Waals surface area contributed by atoms with E-state index >= 15 is 0 Å². The molecule has 1 atom stereocenters. The van der Waals surface area contributed by atoms with Crippen molar-refractivity contribution in [3.8, 4) is 22.6 Å². The zero-order valence-electron chi connectivity index (χ0n) is 22.8. The summed E-state index contributed by atoms with van der Waals surface area (Å²) in [5.41, 5.74) is 7.49. The van der Waals surface area contributed by atoms with Crippen molar-refractivity contribution >= 4 is 8.58 Å². The Kier molecular flexibility index (Phi) is 8.15. The van der Waals surface area contributed by atoms with E-state index < -0.39 is 5.79 Å². The number of benzene rings is 2.